The number of nitrogens with zero attached hydrogens (tertiary/aromatic N) is 4. The molecule has 146 valence electrons. The van der Waals surface area contributed by atoms with Crippen molar-refractivity contribution in [1.29, 1.82) is 0 Å². The van der Waals surface area contributed by atoms with Crippen LogP contribution in [0.2, 0.25) is 0 Å². The average Bonchev–Trinajstić information content (AvgIpc) is 2.91. The Hall–Kier alpha value is -3.22. The van der Waals surface area contributed by atoms with Gasteiger partial charge in [0.2, 0.25) is 11.9 Å². The molecule has 0 aliphatic heterocycles. The predicted octanol–water partition coefficient (Wildman–Crippen LogP) is 2.92. The van der Waals surface area contributed by atoms with E-state index in [0.29, 0.717) is 11.6 Å². The van der Waals surface area contributed by atoms with Gasteiger partial charge in [0, 0.05) is 23.1 Å². The third-order valence-corrected chi connectivity index (χ3v) is 4.56. The van der Waals surface area contributed by atoms with Crippen LogP contribution in [0, 0.1) is 41.5 Å². The van der Waals surface area contributed by atoms with Gasteiger partial charge in [-0.05, 0) is 58.7 Å². The summed E-state index contributed by atoms with van der Waals surface area (Å²) in [5.41, 5.74) is 5.83. The van der Waals surface area contributed by atoms with E-state index < -0.39 is 0 Å². The van der Waals surface area contributed by atoms with E-state index >= 15 is 0 Å². The van der Waals surface area contributed by atoms with Crippen molar-refractivity contribution in [2.24, 2.45) is 0 Å². The third-order valence-electron chi connectivity index (χ3n) is 4.56. The molecule has 2 aromatic heterocycles. The smallest absolute Gasteiger partial charge is 0.255 e. The van der Waals surface area contributed by atoms with Crippen molar-refractivity contribution in [3.05, 3.63) is 68.4 Å². The lowest BCUT2D eigenvalue weighted by Crippen LogP contribution is -2.32. The van der Waals surface area contributed by atoms with Crippen molar-refractivity contribution in [2.75, 3.05) is 5.32 Å². The SMILES string of the molecule is Cc1cc(C)c(NC(=O)Cn2c(-n3nc(C)cc3C)nc(C)cc2=O)c(C)c1. The third kappa shape index (κ3) is 3.88. The molecule has 1 amide bonds. The van der Waals surface area contributed by atoms with Crippen LogP contribution in [0.3, 0.4) is 0 Å². The van der Waals surface area contributed by atoms with E-state index in [4.69, 9.17) is 0 Å². The van der Waals surface area contributed by atoms with Crippen LogP contribution in [0.4, 0.5) is 5.69 Å². The Kier molecular flexibility index (Phi) is 5.18. The fraction of sp³-hybridized carbons (Fsp3) is 0.333. The summed E-state index contributed by atoms with van der Waals surface area (Å²) < 4.78 is 2.94. The molecule has 0 aliphatic carbocycles. The van der Waals surface area contributed by atoms with Crippen LogP contribution < -0.4 is 10.9 Å². The van der Waals surface area contributed by atoms with Crippen molar-refractivity contribution >= 4 is 11.6 Å². The lowest BCUT2D eigenvalue weighted by Gasteiger charge is -2.16. The van der Waals surface area contributed by atoms with Crippen LogP contribution >= 0.6 is 0 Å². The van der Waals surface area contributed by atoms with Gasteiger partial charge in [0.1, 0.15) is 6.54 Å². The maximum Gasteiger partial charge on any atom is 0.255 e. The number of hydrogen-bond donors (Lipinski definition) is 1. The molecular weight excluding hydrogens is 354 g/mol. The standard InChI is InChI=1S/C21H25N5O2/c1-12-7-13(2)20(14(3)8-12)23-18(27)11-25-19(28)10-15(4)22-21(25)26-17(6)9-16(5)24-26/h7-10H,11H2,1-6H3,(H,23,27). The van der Waals surface area contributed by atoms with Gasteiger partial charge in [0.05, 0.1) is 5.69 Å². The molecule has 7 nitrogen and oxygen atoms in total. The first-order valence-electron chi connectivity index (χ1n) is 9.15. The molecule has 3 rings (SSSR count). The van der Waals surface area contributed by atoms with Crippen LogP contribution in [0.25, 0.3) is 5.95 Å². The number of amides is 1. The van der Waals surface area contributed by atoms with E-state index in [9.17, 15) is 9.59 Å². The summed E-state index contributed by atoms with van der Waals surface area (Å²) >= 11 is 0. The predicted molar refractivity (Wildman–Crippen MR) is 109 cm³/mol. The molecule has 0 bridgehead atoms. The largest absolute Gasteiger partial charge is 0.324 e. The lowest BCUT2D eigenvalue weighted by molar-refractivity contribution is -0.116. The van der Waals surface area contributed by atoms with Crippen molar-refractivity contribution in [2.45, 2.75) is 48.1 Å². The number of anilines is 1. The maximum atomic E-state index is 12.8. The molecule has 1 N–H and O–H groups in total. The van der Waals surface area contributed by atoms with E-state index in [-0.39, 0.29) is 18.0 Å². The van der Waals surface area contributed by atoms with E-state index in [0.717, 1.165) is 33.8 Å². The summed E-state index contributed by atoms with van der Waals surface area (Å²) in [6.45, 7) is 11.3. The molecule has 0 radical (unpaired) electrons. The van der Waals surface area contributed by atoms with E-state index in [1.807, 2.05) is 52.8 Å². The molecule has 1 aromatic carbocycles. The Balaban J connectivity index is 1.98. The van der Waals surface area contributed by atoms with Gasteiger partial charge >= 0.3 is 0 Å². The van der Waals surface area contributed by atoms with Gasteiger partial charge in [-0.15, -0.1) is 0 Å². The van der Waals surface area contributed by atoms with E-state index in [2.05, 4.69) is 15.4 Å². The summed E-state index contributed by atoms with van der Waals surface area (Å²) in [4.78, 5) is 29.8. The molecule has 2 heterocycles. The number of nitrogens with one attached hydrogen (secondary N) is 1. The fourth-order valence-electron chi connectivity index (χ4n) is 3.45. The van der Waals surface area contributed by atoms with Gasteiger partial charge in [0.15, 0.2) is 0 Å². The second-order valence-corrected chi connectivity index (χ2v) is 7.28. The maximum absolute atomic E-state index is 12.8. The Bertz CT molecular complexity index is 1100. The Morgan fingerprint density at radius 2 is 1.61 bits per heavy atom. The second kappa shape index (κ2) is 7.42. The topological polar surface area (TPSA) is 81.8 Å². The summed E-state index contributed by atoms with van der Waals surface area (Å²) in [7, 11) is 0. The minimum absolute atomic E-state index is 0.146. The highest BCUT2D eigenvalue weighted by Gasteiger charge is 2.16. The van der Waals surface area contributed by atoms with Gasteiger partial charge in [-0.3, -0.25) is 14.2 Å². The zero-order valence-electron chi connectivity index (χ0n) is 17.1. The Morgan fingerprint density at radius 1 is 0.964 bits per heavy atom. The summed E-state index contributed by atoms with van der Waals surface area (Å²) in [6.07, 6.45) is 0. The van der Waals surface area contributed by atoms with Crippen molar-refractivity contribution in [3.8, 4) is 5.95 Å². The minimum Gasteiger partial charge on any atom is -0.324 e. The summed E-state index contributed by atoms with van der Waals surface area (Å²) in [5.74, 6) is 0.0497. The summed E-state index contributed by atoms with van der Waals surface area (Å²) in [5, 5.41) is 7.35. The number of aryl methyl sites for hydroxylation is 6. The van der Waals surface area contributed by atoms with Crippen molar-refractivity contribution in [3.63, 3.8) is 0 Å². The molecule has 7 heteroatoms. The molecule has 0 unspecified atom stereocenters. The van der Waals surface area contributed by atoms with Crippen molar-refractivity contribution < 1.29 is 4.79 Å². The van der Waals surface area contributed by atoms with Crippen LogP contribution in [0.5, 0.6) is 0 Å². The van der Waals surface area contributed by atoms with E-state index in [1.54, 1.807) is 11.6 Å². The number of benzene rings is 1. The van der Waals surface area contributed by atoms with Gasteiger partial charge in [0.25, 0.3) is 5.56 Å². The molecule has 0 fully saturated rings. The highest BCUT2D eigenvalue weighted by atomic mass is 16.2. The number of carbonyl (C=O) groups excluding carboxylic acids is 1. The highest BCUT2D eigenvalue weighted by Crippen LogP contribution is 2.22. The molecule has 0 spiro atoms. The number of aromatic nitrogens is 4. The number of carbonyl (C=O) groups is 1. The highest BCUT2D eigenvalue weighted by molar-refractivity contribution is 5.92. The second-order valence-electron chi connectivity index (χ2n) is 7.28. The van der Waals surface area contributed by atoms with Gasteiger partial charge < -0.3 is 5.32 Å². The van der Waals surface area contributed by atoms with Crippen LogP contribution in [0.1, 0.15) is 33.8 Å². The number of hydrogen-bond acceptors (Lipinski definition) is 4. The van der Waals surface area contributed by atoms with Gasteiger partial charge in [-0.25, -0.2) is 9.67 Å². The van der Waals surface area contributed by atoms with E-state index in [1.165, 1.54) is 10.6 Å². The minimum atomic E-state index is -0.289. The average molecular weight is 379 g/mol. The zero-order chi connectivity index (χ0) is 20.6. The molecule has 0 saturated heterocycles. The molecule has 0 atom stereocenters. The van der Waals surface area contributed by atoms with Crippen LogP contribution in [-0.2, 0) is 11.3 Å². The number of rotatable bonds is 4. The zero-order valence-corrected chi connectivity index (χ0v) is 17.1. The van der Waals surface area contributed by atoms with Crippen molar-refractivity contribution in [1.82, 2.24) is 19.3 Å². The molecular formula is C21H25N5O2. The monoisotopic (exact) mass is 379 g/mol. The fourth-order valence-corrected chi connectivity index (χ4v) is 3.45. The molecule has 3 aromatic rings. The first kappa shape index (κ1) is 19.5. The molecule has 0 saturated carbocycles. The molecule has 0 aliphatic rings. The van der Waals surface area contributed by atoms with Crippen LogP contribution in [-0.4, -0.2) is 25.2 Å². The first-order valence-corrected chi connectivity index (χ1v) is 9.15. The van der Waals surface area contributed by atoms with Gasteiger partial charge in [-0.2, -0.15) is 5.10 Å². The first-order chi connectivity index (χ1) is 13.2. The van der Waals surface area contributed by atoms with Crippen LogP contribution in [0.15, 0.2) is 29.1 Å². The molecule has 28 heavy (non-hydrogen) atoms. The Labute approximate surface area is 164 Å². The normalized spacial score (nSPS) is 10.9. The summed E-state index contributed by atoms with van der Waals surface area (Å²) in [6, 6.07) is 7.36. The lowest BCUT2D eigenvalue weighted by atomic mass is 10.1. The quantitative estimate of drug-likeness (QED) is 0.756. The van der Waals surface area contributed by atoms with Gasteiger partial charge in [-0.1, -0.05) is 17.7 Å². The Morgan fingerprint density at radius 3 is 2.18 bits per heavy atom.